The maximum Gasteiger partial charge on any atom is 0.408 e. The third kappa shape index (κ3) is 4.11. The van der Waals surface area contributed by atoms with Crippen LogP contribution in [0.4, 0.5) is 18.9 Å². The first kappa shape index (κ1) is 17.9. The summed E-state index contributed by atoms with van der Waals surface area (Å²) in [7, 11) is 0. The van der Waals surface area contributed by atoms with Crippen LogP contribution in [0.25, 0.3) is 0 Å². The van der Waals surface area contributed by atoms with Crippen LogP contribution < -0.4 is 5.32 Å². The lowest BCUT2D eigenvalue weighted by molar-refractivity contribution is -0.384. The van der Waals surface area contributed by atoms with Crippen LogP contribution in [0.1, 0.15) is 10.4 Å². The predicted octanol–water partition coefficient (Wildman–Crippen LogP) is 1.68. The Labute approximate surface area is 137 Å². The first-order chi connectivity index (χ1) is 11.1. The molecule has 1 heterocycles. The van der Waals surface area contributed by atoms with Crippen LogP contribution in [0.2, 0.25) is 5.02 Å². The van der Waals surface area contributed by atoms with Gasteiger partial charge in [-0.15, -0.1) is 0 Å². The summed E-state index contributed by atoms with van der Waals surface area (Å²) in [6.45, 7) is -2.11. The second-order valence-corrected chi connectivity index (χ2v) is 5.14. The molecule has 0 aromatic heterocycles. The number of carbonyl (C=O) groups is 2. The standard InChI is InChI=1S/C12H9ClF3N3O5/c13-8-2-1-6(19(22)23)3-7(8)10(20)17-9-4-24-18(11(9)21)5-12(14,15)16/h1-3,9H,4-5H2,(H,17,20). The second kappa shape index (κ2) is 6.61. The van der Waals surface area contributed by atoms with Crippen molar-refractivity contribution in [2.24, 2.45) is 0 Å². The lowest BCUT2D eigenvalue weighted by Crippen LogP contribution is -2.44. The summed E-state index contributed by atoms with van der Waals surface area (Å²) in [5.41, 5.74) is -0.690. The van der Waals surface area contributed by atoms with E-state index in [2.05, 4.69) is 10.2 Å². The third-order valence-corrected chi connectivity index (χ3v) is 3.30. The van der Waals surface area contributed by atoms with E-state index in [1.807, 2.05) is 0 Å². The number of carbonyl (C=O) groups excluding carboxylic acids is 2. The quantitative estimate of drug-likeness (QED) is 0.644. The van der Waals surface area contributed by atoms with Crippen LogP contribution in [0.15, 0.2) is 18.2 Å². The third-order valence-electron chi connectivity index (χ3n) is 2.97. The molecule has 0 saturated carbocycles. The summed E-state index contributed by atoms with van der Waals surface area (Å²) >= 11 is 5.77. The average molecular weight is 368 g/mol. The number of amides is 2. The molecule has 24 heavy (non-hydrogen) atoms. The van der Waals surface area contributed by atoms with Crippen molar-refractivity contribution in [2.75, 3.05) is 13.2 Å². The van der Waals surface area contributed by atoms with E-state index in [-0.39, 0.29) is 15.6 Å². The highest BCUT2D eigenvalue weighted by Gasteiger charge is 2.41. The van der Waals surface area contributed by atoms with Crippen molar-refractivity contribution in [1.29, 1.82) is 0 Å². The molecule has 1 aliphatic heterocycles. The van der Waals surface area contributed by atoms with Crippen molar-refractivity contribution in [1.82, 2.24) is 10.4 Å². The van der Waals surface area contributed by atoms with E-state index in [0.29, 0.717) is 0 Å². The summed E-state index contributed by atoms with van der Waals surface area (Å²) in [5, 5.41) is 12.8. The van der Waals surface area contributed by atoms with Crippen LogP contribution in [0.5, 0.6) is 0 Å². The van der Waals surface area contributed by atoms with Crippen LogP contribution >= 0.6 is 11.6 Å². The van der Waals surface area contributed by atoms with Crippen molar-refractivity contribution in [3.8, 4) is 0 Å². The molecule has 0 bridgehead atoms. The molecule has 0 radical (unpaired) electrons. The fourth-order valence-corrected chi connectivity index (χ4v) is 2.10. The van der Waals surface area contributed by atoms with E-state index in [1.54, 1.807) is 0 Å². The molecule has 1 N–H and O–H groups in total. The SMILES string of the molecule is O=C(NC1CON(CC(F)(F)F)C1=O)c1cc([N+](=O)[O-])ccc1Cl. The molecule has 2 amide bonds. The molecule has 0 spiro atoms. The molecule has 0 aliphatic carbocycles. The van der Waals surface area contributed by atoms with E-state index in [9.17, 15) is 32.9 Å². The van der Waals surface area contributed by atoms with E-state index >= 15 is 0 Å². The molecular weight excluding hydrogens is 359 g/mol. The number of halogens is 4. The zero-order valence-electron chi connectivity index (χ0n) is 11.7. The Hall–Kier alpha value is -2.40. The van der Waals surface area contributed by atoms with Gasteiger partial charge >= 0.3 is 6.18 Å². The highest BCUT2D eigenvalue weighted by atomic mass is 35.5. The molecule has 1 fully saturated rings. The topological polar surface area (TPSA) is 102 Å². The van der Waals surface area contributed by atoms with Crippen LogP contribution in [-0.4, -0.2) is 47.2 Å². The molecule has 1 saturated heterocycles. The fourth-order valence-electron chi connectivity index (χ4n) is 1.90. The second-order valence-electron chi connectivity index (χ2n) is 4.73. The molecule has 1 unspecified atom stereocenters. The van der Waals surface area contributed by atoms with E-state index < -0.39 is 47.8 Å². The van der Waals surface area contributed by atoms with Crippen LogP contribution in [-0.2, 0) is 9.63 Å². The van der Waals surface area contributed by atoms with Gasteiger partial charge in [-0.25, -0.2) is 5.06 Å². The van der Waals surface area contributed by atoms with Gasteiger partial charge in [-0.05, 0) is 6.07 Å². The Morgan fingerprint density at radius 2 is 2.17 bits per heavy atom. The Balaban J connectivity index is 2.09. The van der Waals surface area contributed by atoms with E-state index in [1.165, 1.54) is 0 Å². The summed E-state index contributed by atoms with van der Waals surface area (Å²) in [4.78, 5) is 38.4. The molecule has 1 aromatic rings. The van der Waals surface area contributed by atoms with Crippen molar-refractivity contribution in [2.45, 2.75) is 12.2 Å². The number of benzene rings is 1. The number of hydrogen-bond donors (Lipinski definition) is 1. The minimum absolute atomic E-state index is 0.0972. The molecule has 1 aromatic carbocycles. The maximum absolute atomic E-state index is 12.3. The Morgan fingerprint density at radius 1 is 1.50 bits per heavy atom. The van der Waals surface area contributed by atoms with Crippen molar-refractivity contribution < 1.29 is 32.5 Å². The molecule has 130 valence electrons. The first-order valence-corrected chi connectivity index (χ1v) is 6.72. The van der Waals surface area contributed by atoms with Gasteiger partial charge in [0.1, 0.15) is 19.2 Å². The normalized spacial score (nSPS) is 17.9. The van der Waals surface area contributed by atoms with Gasteiger partial charge < -0.3 is 5.32 Å². The monoisotopic (exact) mass is 367 g/mol. The molecular formula is C12H9ClF3N3O5. The lowest BCUT2D eigenvalue weighted by atomic mass is 10.1. The fraction of sp³-hybridized carbons (Fsp3) is 0.333. The van der Waals surface area contributed by atoms with Crippen molar-refractivity contribution in [3.05, 3.63) is 38.9 Å². The Kier molecular flexibility index (Phi) is 4.94. The number of hydroxylamine groups is 2. The van der Waals surface area contributed by atoms with Gasteiger partial charge in [-0.2, -0.15) is 13.2 Å². The van der Waals surface area contributed by atoms with Gasteiger partial charge in [0, 0.05) is 12.1 Å². The number of non-ortho nitro benzene ring substituents is 1. The number of hydrogen-bond acceptors (Lipinski definition) is 5. The van der Waals surface area contributed by atoms with Gasteiger partial charge in [-0.3, -0.25) is 24.5 Å². The minimum atomic E-state index is -4.65. The number of nitrogens with zero attached hydrogens (tertiary/aromatic N) is 2. The smallest absolute Gasteiger partial charge is 0.338 e. The largest absolute Gasteiger partial charge is 0.408 e. The van der Waals surface area contributed by atoms with E-state index in [4.69, 9.17) is 11.6 Å². The average Bonchev–Trinajstić information content (AvgIpc) is 2.78. The maximum atomic E-state index is 12.3. The zero-order chi connectivity index (χ0) is 18.1. The summed E-state index contributed by atoms with van der Waals surface area (Å²) in [6.07, 6.45) is -4.65. The highest BCUT2D eigenvalue weighted by molar-refractivity contribution is 6.34. The van der Waals surface area contributed by atoms with Gasteiger partial charge in [0.25, 0.3) is 17.5 Å². The van der Waals surface area contributed by atoms with Gasteiger partial charge in [0.2, 0.25) is 0 Å². The van der Waals surface area contributed by atoms with Crippen LogP contribution in [0, 0.1) is 10.1 Å². The molecule has 12 heteroatoms. The number of alkyl halides is 3. The van der Waals surface area contributed by atoms with Gasteiger partial charge in [-0.1, -0.05) is 11.6 Å². The number of nitrogens with one attached hydrogen (secondary N) is 1. The van der Waals surface area contributed by atoms with Gasteiger partial charge in [0.15, 0.2) is 0 Å². The first-order valence-electron chi connectivity index (χ1n) is 6.34. The Bertz CT molecular complexity index is 697. The molecule has 1 atom stereocenters. The predicted molar refractivity (Wildman–Crippen MR) is 73.1 cm³/mol. The zero-order valence-corrected chi connectivity index (χ0v) is 12.4. The van der Waals surface area contributed by atoms with Crippen LogP contribution in [0.3, 0.4) is 0 Å². The number of nitro benzene ring substituents is 1. The lowest BCUT2D eigenvalue weighted by Gasteiger charge is -2.16. The summed E-state index contributed by atoms with van der Waals surface area (Å²) in [5.74, 6) is -2.03. The van der Waals surface area contributed by atoms with Gasteiger partial charge in [0.05, 0.1) is 15.5 Å². The van der Waals surface area contributed by atoms with Crippen molar-refractivity contribution >= 4 is 29.1 Å². The Morgan fingerprint density at radius 3 is 2.75 bits per heavy atom. The molecule has 2 rings (SSSR count). The number of rotatable bonds is 4. The highest BCUT2D eigenvalue weighted by Crippen LogP contribution is 2.23. The summed E-state index contributed by atoms with van der Waals surface area (Å²) in [6, 6.07) is 1.74. The molecule has 1 aliphatic rings. The minimum Gasteiger partial charge on any atom is -0.338 e. The number of nitro groups is 1. The van der Waals surface area contributed by atoms with E-state index in [0.717, 1.165) is 18.2 Å². The summed E-state index contributed by atoms with van der Waals surface area (Å²) < 4.78 is 36.8. The van der Waals surface area contributed by atoms with Crippen molar-refractivity contribution in [3.63, 3.8) is 0 Å². The molecule has 8 nitrogen and oxygen atoms in total.